The molecule has 0 radical (unpaired) electrons. The lowest BCUT2D eigenvalue weighted by Gasteiger charge is -2.15. The van der Waals surface area contributed by atoms with Crippen molar-refractivity contribution < 1.29 is 13.2 Å². The van der Waals surface area contributed by atoms with Crippen LogP contribution in [0.4, 0.5) is 5.69 Å². The molecular weight excluding hydrogens is 390 g/mol. The number of anilines is 1. The highest BCUT2D eigenvalue weighted by atomic mass is 32.2. The summed E-state index contributed by atoms with van der Waals surface area (Å²) >= 11 is 1.14. The first-order valence-electron chi connectivity index (χ1n) is 8.27. The molecule has 0 aliphatic carbocycles. The Morgan fingerprint density at radius 3 is 2.70 bits per heavy atom. The van der Waals surface area contributed by atoms with E-state index >= 15 is 0 Å². The molecule has 1 aromatic carbocycles. The Balaban J connectivity index is 2.10. The van der Waals surface area contributed by atoms with Gasteiger partial charge in [0.2, 0.25) is 15.9 Å². The molecule has 2 aromatic rings. The Hall–Kier alpha value is -2.11. The highest BCUT2D eigenvalue weighted by molar-refractivity contribution is 7.99. The van der Waals surface area contributed by atoms with Crippen LogP contribution in [0, 0.1) is 6.92 Å². The van der Waals surface area contributed by atoms with Crippen LogP contribution in [0.3, 0.4) is 0 Å². The van der Waals surface area contributed by atoms with Gasteiger partial charge in [0, 0.05) is 26.3 Å². The number of rotatable bonds is 8. The van der Waals surface area contributed by atoms with Crippen molar-refractivity contribution in [3.8, 4) is 0 Å². The summed E-state index contributed by atoms with van der Waals surface area (Å²) in [5.41, 5.74) is 0.674. The number of aromatic amines is 1. The second-order valence-electron chi connectivity index (χ2n) is 6.07. The fourth-order valence-electron chi connectivity index (χ4n) is 2.31. The Kier molecular flexibility index (Phi) is 6.84. The van der Waals surface area contributed by atoms with Crippen LogP contribution in [-0.2, 0) is 21.4 Å². The monoisotopic (exact) mass is 413 g/mol. The van der Waals surface area contributed by atoms with Gasteiger partial charge >= 0.3 is 5.69 Å². The molecule has 1 aromatic heterocycles. The molecule has 1 heterocycles. The molecule has 148 valence electrons. The van der Waals surface area contributed by atoms with Gasteiger partial charge in [0.25, 0.3) is 0 Å². The summed E-state index contributed by atoms with van der Waals surface area (Å²) in [5, 5.41) is 9.41. The van der Waals surface area contributed by atoms with Gasteiger partial charge in [0.15, 0.2) is 5.16 Å². The Morgan fingerprint density at radius 1 is 1.37 bits per heavy atom. The number of sulfonamides is 1. The lowest BCUT2D eigenvalue weighted by molar-refractivity contribution is -0.113. The molecule has 0 saturated heterocycles. The van der Waals surface area contributed by atoms with Crippen molar-refractivity contribution in [3.05, 3.63) is 34.2 Å². The fourth-order valence-corrected chi connectivity index (χ4v) is 4.23. The van der Waals surface area contributed by atoms with Crippen molar-refractivity contribution >= 4 is 33.4 Å². The second kappa shape index (κ2) is 8.72. The molecular formula is C16H23N5O4S2. The summed E-state index contributed by atoms with van der Waals surface area (Å²) in [7, 11) is -0.696. The second-order valence-corrected chi connectivity index (χ2v) is 9.13. The van der Waals surface area contributed by atoms with Gasteiger partial charge in [-0.15, -0.1) is 5.10 Å². The van der Waals surface area contributed by atoms with Crippen LogP contribution in [0.25, 0.3) is 0 Å². The highest BCUT2D eigenvalue weighted by Crippen LogP contribution is 2.23. The number of nitrogens with zero attached hydrogens (tertiary/aromatic N) is 3. The number of carbonyl (C=O) groups is 1. The number of carbonyl (C=O) groups excluding carboxylic acids is 1. The van der Waals surface area contributed by atoms with E-state index in [9.17, 15) is 18.0 Å². The molecule has 0 atom stereocenters. The smallest absolute Gasteiger partial charge is 0.325 e. The fraction of sp³-hybridized carbons (Fsp3) is 0.438. The van der Waals surface area contributed by atoms with E-state index in [1.807, 2.05) is 6.92 Å². The maximum atomic E-state index is 12.4. The number of nitrogens with one attached hydrogen (secondary N) is 2. The van der Waals surface area contributed by atoms with Gasteiger partial charge < -0.3 is 5.32 Å². The number of thioether (sulfide) groups is 1. The third-order valence-electron chi connectivity index (χ3n) is 3.73. The highest BCUT2D eigenvalue weighted by Gasteiger charge is 2.20. The summed E-state index contributed by atoms with van der Waals surface area (Å²) in [5.74, 6) is -0.284. The quantitative estimate of drug-likeness (QED) is 0.630. The number of benzene rings is 1. The average Bonchev–Trinajstić information content (AvgIpc) is 2.95. The van der Waals surface area contributed by atoms with Crippen LogP contribution in [0.1, 0.15) is 18.9 Å². The lowest BCUT2D eigenvalue weighted by atomic mass is 10.2. The molecule has 0 saturated carbocycles. The van der Waals surface area contributed by atoms with Gasteiger partial charge in [-0.25, -0.2) is 22.6 Å². The van der Waals surface area contributed by atoms with Crippen LogP contribution in [-0.4, -0.2) is 53.2 Å². The zero-order chi connectivity index (χ0) is 20.2. The Labute approximate surface area is 162 Å². The van der Waals surface area contributed by atoms with Gasteiger partial charge in [-0.3, -0.25) is 9.36 Å². The van der Waals surface area contributed by atoms with Crippen molar-refractivity contribution in [1.29, 1.82) is 0 Å². The SMILES string of the molecule is CCCn1c(SCC(=O)Nc2ccc(C)c(S(=O)(=O)N(C)C)c2)n[nH]c1=O. The average molecular weight is 414 g/mol. The van der Waals surface area contributed by atoms with E-state index < -0.39 is 10.0 Å². The van der Waals surface area contributed by atoms with Crippen LogP contribution in [0.2, 0.25) is 0 Å². The third kappa shape index (κ3) is 4.99. The van der Waals surface area contributed by atoms with Gasteiger partial charge in [0.05, 0.1) is 10.6 Å². The minimum Gasteiger partial charge on any atom is -0.325 e. The summed E-state index contributed by atoms with van der Waals surface area (Å²) in [6.45, 7) is 4.16. The topological polar surface area (TPSA) is 117 Å². The molecule has 2 rings (SSSR count). The van der Waals surface area contributed by atoms with Crippen LogP contribution >= 0.6 is 11.8 Å². The van der Waals surface area contributed by atoms with E-state index in [1.165, 1.54) is 24.7 Å². The summed E-state index contributed by atoms with van der Waals surface area (Å²) in [4.78, 5) is 24.0. The third-order valence-corrected chi connectivity index (χ3v) is 6.67. The van der Waals surface area contributed by atoms with Crippen molar-refractivity contribution in [2.45, 2.75) is 36.9 Å². The van der Waals surface area contributed by atoms with Crippen LogP contribution < -0.4 is 11.0 Å². The molecule has 0 unspecified atom stereocenters. The maximum Gasteiger partial charge on any atom is 0.343 e. The van der Waals surface area contributed by atoms with E-state index in [2.05, 4.69) is 15.5 Å². The number of H-pyrrole nitrogens is 1. The molecule has 1 amide bonds. The van der Waals surface area contributed by atoms with Crippen LogP contribution in [0.5, 0.6) is 0 Å². The zero-order valence-electron chi connectivity index (χ0n) is 15.6. The number of aryl methyl sites for hydroxylation is 1. The van der Waals surface area contributed by atoms with Gasteiger partial charge in [-0.2, -0.15) is 0 Å². The van der Waals surface area contributed by atoms with E-state index in [1.54, 1.807) is 19.1 Å². The molecule has 0 aliphatic rings. The van der Waals surface area contributed by atoms with Gasteiger partial charge in [-0.05, 0) is 31.0 Å². The first-order chi connectivity index (χ1) is 12.7. The molecule has 27 heavy (non-hydrogen) atoms. The van der Waals surface area contributed by atoms with Gasteiger partial charge in [0.1, 0.15) is 0 Å². The number of hydrogen-bond donors (Lipinski definition) is 2. The standard InChI is InChI=1S/C16H23N5O4S2/c1-5-8-21-15(23)18-19-16(21)26-10-14(22)17-12-7-6-11(2)13(9-12)27(24,25)20(3)4/h6-7,9H,5,8,10H2,1-4H3,(H,17,22)(H,18,23). The van der Waals surface area contributed by atoms with Crippen molar-refractivity contribution in [2.24, 2.45) is 0 Å². The minimum absolute atomic E-state index is 0.0393. The summed E-state index contributed by atoms with van der Waals surface area (Å²) in [6, 6.07) is 4.73. The first kappa shape index (κ1) is 21.2. The van der Waals surface area contributed by atoms with E-state index in [0.29, 0.717) is 23.0 Å². The van der Waals surface area contributed by atoms with Crippen molar-refractivity contribution in [2.75, 3.05) is 25.2 Å². The van der Waals surface area contributed by atoms with E-state index in [-0.39, 0.29) is 22.2 Å². The van der Waals surface area contributed by atoms with Crippen LogP contribution in [0.15, 0.2) is 33.0 Å². The summed E-state index contributed by atoms with van der Waals surface area (Å²) < 4.78 is 27.3. The molecule has 11 heteroatoms. The minimum atomic E-state index is -3.61. The Bertz CT molecular complexity index is 979. The Morgan fingerprint density at radius 2 is 2.07 bits per heavy atom. The van der Waals surface area contributed by atoms with Crippen molar-refractivity contribution in [1.82, 2.24) is 19.1 Å². The lowest BCUT2D eigenvalue weighted by Crippen LogP contribution is -2.23. The predicted molar refractivity (Wildman–Crippen MR) is 105 cm³/mol. The van der Waals surface area contributed by atoms with E-state index in [4.69, 9.17) is 0 Å². The van der Waals surface area contributed by atoms with Gasteiger partial charge in [-0.1, -0.05) is 24.8 Å². The molecule has 0 bridgehead atoms. The summed E-state index contributed by atoms with van der Waals surface area (Å²) in [6.07, 6.45) is 0.770. The first-order valence-corrected chi connectivity index (χ1v) is 10.7. The molecule has 0 spiro atoms. The van der Waals surface area contributed by atoms with E-state index in [0.717, 1.165) is 22.5 Å². The largest absolute Gasteiger partial charge is 0.343 e. The number of aromatic nitrogens is 3. The molecule has 0 fully saturated rings. The molecule has 2 N–H and O–H groups in total. The normalized spacial score (nSPS) is 11.7. The number of amides is 1. The molecule has 9 nitrogen and oxygen atoms in total. The number of hydrogen-bond acceptors (Lipinski definition) is 6. The zero-order valence-corrected chi connectivity index (χ0v) is 17.3. The van der Waals surface area contributed by atoms with Crippen molar-refractivity contribution in [3.63, 3.8) is 0 Å². The molecule has 0 aliphatic heterocycles. The maximum absolute atomic E-state index is 12.4. The predicted octanol–water partition coefficient (Wildman–Crippen LogP) is 1.27.